The number of amides is 2. The zero-order valence-electron chi connectivity index (χ0n) is 11.2. The van der Waals surface area contributed by atoms with Gasteiger partial charge < -0.3 is 5.11 Å². The molecule has 1 heterocycles. The molecule has 0 aromatic heterocycles. The third kappa shape index (κ3) is 2.93. The molecule has 0 saturated carbocycles. The van der Waals surface area contributed by atoms with Crippen LogP contribution in [0.25, 0.3) is 6.08 Å². The second-order valence-corrected chi connectivity index (χ2v) is 6.50. The molecule has 0 radical (unpaired) electrons. The molecule has 0 bridgehead atoms. The first-order chi connectivity index (χ1) is 10.5. The number of carbonyl (C=O) groups excluding carboxylic acids is 2. The van der Waals surface area contributed by atoms with E-state index >= 15 is 0 Å². The number of hydrogen-bond donors (Lipinski definition) is 1. The molecule has 0 unspecified atom stereocenters. The maximum Gasteiger partial charge on any atom is 0.298 e. The Hall–Kier alpha value is -2.05. The number of hydrogen-bond acceptors (Lipinski definition) is 4. The fraction of sp³-hybridized carbons (Fsp3) is 0. The predicted molar refractivity (Wildman–Crippen MR) is 90.7 cm³/mol. The van der Waals surface area contributed by atoms with Crippen molar-refractivity contribution in [2.24, 2.45) is 0 Å². The third-order valence-electron chi connectivity index (χ3n) is 3.03. The number of phenols is 1. The van der Waals surface area contributed by atoms with Crippen molar-refractivity contribution < 1.29 is 14.7 Å². The van der Waals surface area contributed by atoms with Crippen molar-refractivity contribution >= 4 is 50.6 Å². The minimum absolute atomic E-state index is 0.00696. The first-order valence-corrected chi connectivity index (χ1v) is 7.98. The van der Waals surface area contributed by atoms with E-state index in [2.05, 4.69) is 15.9 Å². The maximum atomic E-state index is 12.4. The lowest BCUT2D eigenvalue weighted by molar-refractivity contribution is -0.113. The second kappa shape index (κ2) is 5.98. The van der Waals surface area contributed by atoms with Crippen LogP contribution in [0.1, 0.15) is 5.56 Å². The van der Waals surface area contributed by atoms with E-state index in [-0.39, 0.29) is 16.9 Å². The van der Waals surface area contributed by atoms with Crippen LogP contribution in [0.5, 0.6) is 5.75 Å². The number of carbonyl (C=O) groups is 2. The molecular weight excluding hydrogens is 366 g/mol. The molecule has 3 rings (SSSR count). The Kier molecular flexibility index (Phi) is 4.04. The van der Waals surface area contributed by atoms with Gasteiger partial charge in [0.15, 0.2) is 0 Å². The highest BCUT2D eigenvalue weighted by atomic mass is 79.9. The fourth-order valence-corrected chi connectivity index (χ4v) is 3.33. The van der Waals surface area contributed by atoms with Crippen LogP contribution in [0.3, 0.4) is 0 Å². The zero-order valence-corrected chi connectivity index (χ0v) is 13.6. The van der Waals surface area contributed by atoms with Gasteiger partial charge >= 0.3 is 0 Å². The van der Waals surface area contributed by atoms with Crippen molar-refractivity contribution in [2.75, 3.05) is 4.90 Å². The average molecular weight is 376 g/mol. The van der Waals surface area contributed by atoms with Crippen molar-refractivity contribution in [3.8, 4) is 5.75 Å². The molecule has 6 heteroatoms. The first kappa shape index (κ1) is 14.9. The Bertz CT molecular complexity index is 803. The molecule has 110 valence electrons. The quantitative estimate of drug-likeness (QED) is 0.790. The predicted octanol–water partition coefficient (Wildman–Crippen LogP) is 4.40. The van der Waals surface area contributed by atoms with E-state index in [9.17, 15) is 14.7 Å². The number of aromatic hydroxyl groups is 1. The Morgan fingerprint density at radius 2 is 1.86 bits per heavy atom. The monoisotopic (exact) mass is 375 g/mol. The second-order valence-electron chi connectivity index (χ2n) is 4.59. The van der Waals surface area contributed by atoms with Gasteiger partial charge in [-0.25, -0.2) is 4.90 Å². The number of thioether (sulfide) groups is 1. The van der Waals surface area contributed by atoms with Crippen molar-refractivity contribution in [3.05, 3.63) is 63.5 Å². The highest BCUT2D eigenvalue weighted by Crippen LogP contribution is 2.36. The first-order valence-electron chi connectivity index (χ1n) is 6.37. The number of rotatable bonds is 2. The third-order valence-corrected chi connectivity index (χ3v) is 4.39. The molecule has 22 heavy (non-hydrogen) atoms. The molecule has 1 aliphatic rings. The maximum absolute atomic E-state index is 12.4. The van der Waals surface area contributed by atoms with Gasteiger partial charge in [-0.1, -0.05) is 34.1 Å². The van der Waals surface area contributed by atoms with Gasteiger partial charge in [-0.3, -0.25) is 9.59 Å². The molecule has 0 aliphatic carbocycles. The molecule has 1 saturated heterocycles. The van der Waals surface area contributed by atoms with Crippen molar-refractivity contribution in [1.82, 2.24) is 0 Å². The zero-order chi connectivity index (χ0) is 15.7. The van der Waals surface area contributed by atoms with Gasteiger partial charge in [0.2, 0.25) is 0 Å². The molecule has 0 spiro atoms. The molecule has 1 N–H and O–H groups in total. The van der Waals surface area contributed by atoms with Crippen LogP contribution in [0.4, 0.5) is 10.5 Å². The molecule has 2 aromatic rings. The highest BCUT2D eigenvalue weighted by Gasteiger charge is 2.36. The molecular formula is C16H10BrNO3S. The van der Waals surface area contributed by atoms with Crippen molar-refractivity contribution in [3.63, 3.8) is 0 Å². The number of imide groups is 1. The molecule has 1 aliphatic heterocycles. The smallest absolute Gasteiger partial charge is 0.298 e. The van der Waals surface area contributed by atoms with Crippen LogP contribution in [-0.2, 0) is 4.79 Å². The number of nitrogens with zero attached hydrogens (tertiary/aromatic N) is 1. The van der Waals surface area contributed by atoms with Gasteiger partial charge in [0, 0.05) is 10.5 Å². The molecule has 1 fully saturated rings. The van der Waals surface area contributed by atoms with Gasteiger partial charge in [-0.2, -0.15) is 0 Å². The lowest BCUT2D eigenvalue weighted by atomic mass is 10.2. The van der Waals surface area contributed by atoms with Crippen LogP contribution in [0.15, 0.2) is 57.9 Å². The Labute approximate surface area is 139 Å². The fourth-order valence-electron chi connectivity index (χ4n) is 2.07. The summed E-state index contributed by atoms with van der Waals surface area (Å²) in [5, 5.41) is 9.12. The lowest BCUT2D eigenvalue weighted by Crippen LogP contribution is -2.27. The van der Waals surface area contributed by atoms with Gasteiger partial charge in [-0.05, 0) is 47.7 Å². The minimum atomic E-state index is -0.388. The average Bonchev–Trinajstić information content (AvgIpc) is 2.73. The number of benzene rings is 2. The molecule has 0 atom stereocenters. The standard InChI is InChI=1S/C16H10BrNO3S/c17-11-4-1-3-10(7-11)8-14-15(20)18(16(21)22-14)12-5-2-6-13(19)9-12/h1-9,19H/b14-8+. The summed E-state index contributed by atoms with van der Waals surface area (Å²) in [6, 6.07) is 13.5. The summed E-state index contributed by atoms with van der Waals surface area (Å²) < 4.78 is 0.897. The molecule has 4 nitrogen and oxygen atoms in total. The van der Waals surface area contributed by atoms with Gasteiger partial charge in [0.1, 0.15) is 5.75 Å². The Morgan fingerprint density at radius 1 is 1.09 bits per heavy atom. The number of halogens is 1. The minimum Gasteiger partial charge on any atom is -0.508 e. The largest absolute Gasteiger partial charge is 0.508 e. The summed E-state index contributed by atoms with van der Waals surface area (Å²) in [5.74, 6) is -0.381. The van der Waals surface area contributed by atoms with Crippen LogP contribution in [0, 0.1) is 0 Å². The highest BCUT2D eigenvalue weighted by molar-refractivity contribution is 9.10. The van der Waals surface area contributed by atoms with Gasteiger partial charge in [-0.15, -0.1) is 0 Å². The van der Waals surface area contributed by atoms with Gasteiger partial charge in [0.05, 0.1) is 10.6 Å². The van der Waals surface area contributed by atoms with Crippen molar-refractivity contribution in [2.45, 2.75) is 0 Å². The summed E-state index contributed by atoms with van der Waals surface area (Å²) in [5.41, 5.74) is 1.19. The van der Waals surface area contributed by atoms with Gasteiger partial charge in [0.25, 0.3) is 11.1 Å². The van der Waals surface area contributed by atoms with E-state index in [0.717, 1.165) is 26.7 Å². The van der Waals surface area contributed by atoms with E-state index in [1.54, 1.807) is 18.2 Å². The lowest BCUT2D eigenvalue weighted by Gasteiger charge is -2.12. The number of phenolic OH excluding ortho intramolecular Hbond substituents is 1. The molecule has 2 aromatic carbocycles. The summed E-state index contributed by atoms with van der Waals surface area (Å²) in [4.78, 5) is 26.0. The normalized spacial score (nSPS) is 16.6. The van der Waals surface area contributed by atoms with E-state index < -0.39 is 0 Å². The summed E-state index contributed by atoms with van der Waals surface area (Å²) >= 11 is 4.25. The topological polar surface area (TPSA) is 57.6 Å². The van der Waals surface area contributed by atoms with Crippen LogP contribution >= 0.6 is 27.7 Å². The van der Waals surface area contributed by atoms with Crippen LogP contribution in [0.2, 0.25) is 0 Å². The van der Waals surface area contributed by atoms with E-state index in [1.165, 1.54) is 12.1 Å². The molecule has 2 amide bonds. The SMILES string of the molecule is O=C1S/C(=C/c2cccc(Br)c2)C(=O)N1c1cccc(O)c1. The summed E-state index contributed by atoms with van der Waals surface area (Å²) in [6.45, 7) is 0. The Morgan fingerprint density at radius 3 is 2.59 bits per heavy atom. The van der Waals surface area contributed by atoms with Crippen LogP contribution < -0.4 is 4.90 Å². The number of anilines is 1. The summed E-state index contributed by atoms with van der Waals surface area (Å²) in [7, 11) is 0. The van der Waals surface area contributed by atoms with E-state index in [1.807, 2.05) is 24.3 Å². The Balaban J connectivity index is 1.95. The summed E-state index contributed by atoms with van der Waals surface area (Å²) in [6.07, 6.45) is 1.68. The van der Waals surface area contributed by atoms with E-state index in [4.69, 9.17) is 0 Å². The van der Waals surface area contributed by atoms with E-state index in [0.29, 0.717) is 10.6 Å². The van der Waals surface area contributed by atoms with Crippen LogP contribution in [-0.4, -0.2) is 16.3 Å². The van der Waals surface area contributed by atoms with Crippen molar-refractivity contribution in [1.29, 1.82) is 0 Å².